The Bertz CT molecular complexity index is 424. The van der Waals surface area contributed by atoms with Gasteiger partial charge in [-0.25, -0.2) is 9.78 Å². The van der Waals surface area contributed by atoms with Crippen LogP contribution in [0.15, 0.2) is 12.4 Å². The van der Waals surface area contributed by atoms with Crippen LogP contribution in [0.1, 0.15) is 31.5 Å². The van der Waals surface area contributed by atoms with Gasteiger partial charge in [0.2, 0.25) is 0 Å². The van der Waals surface area contributed by atoms with Crippen molar-refractivity contribution in [2.24, 2.45) is 5.92 Å². The minimum absolute atomic E-state index is 0.0622. The molecule has 0 radical (unpaired) electrons. The van der Waals surface area contributed by atoms with E-state index in [1.807, 2.05) is 0 Å². The monoisotopic (exact) mass is 266 g/mol. The van der Waals surface area contributed by atoms with E-state index in [1.165, 1.54) is 0 Å². The van der Waals surface area contributed by atoms with Gasteiger partial charge in [-0.15, -0.1) is 0 Å². The Hall–Kier alpha value is -2.05. The van der Waals surface area contributed by atoms with E-state index in [0.29, 0.717) is 38.1 Å². The largest absolute Gasteiger partial charge is 0.481 e. The summed E-state index contributed by atoms with van der Waals surface area (Å²) in [5.74, 6) is -0.297. The lowest BCUT2D eigenvalue weighted by Crippen LogP contribution is -2.44. The molecular weight excluding hydrogens is 248 g/mol. The Balaban J connectivity index is 1.67. The maximum Gasteiger partial charge on any atom is 0.315 e. The predicted molar refractivity (Wildman–Crippen MR) is 67.3 cm³/mol. The van der Waals surface area contributed by atoms with Gasteiger partial charge in [-0.05, 0) is 25.7 Å². The number of aromatic nitrogens is 2. The lowest BCUT2D eigenvalue weighted by atomic mass is 9.86. The number of nitrogens with zero attached hydrogens (tertiary/aromatic N) is 1. The van der Waals surface area contributed by atoms with Crippen LogP contribution in [0.3, 0.4) is 0 Å². The van der Waals surface area contributed by atoms with Gasteiger partial charge < -0.3 is 20.7 Å². The van der Waals surface area contributed by atoms with Crippen LogP contribution in [-0.4, -0.2) is 33.1 Å². The number of carbonyl (C=O) groups is 2. The highest BCUT2D eigenvalue weighted by atomic mass is 16.4. The van der Waals surface area contributed by atoms with Gasteiger partial charge in [-0.2, -0.15) is 0 Å². The first-order valence-electron chi connectivity index (χ1n) is 6.40. The molecule has 7 heteroatoms. The summed E-state index contributed by atoms with van der Waals surface area (Å²) in [4.78, 5) is 29.3. The summed E-state index contributed by atoms with van der Waals surface area (Å²) in [6.07, 6.45) is 6.00. The van der Waals surface area contributed by atoms with Gasteiger partial charge in [0.05, 0.1) is 12.5 Å². The van der Waals surface area contributed by atoms with E-state index in [4.69, 9.17) is 5.11 Å². The maximum atomic E-state index is 11.6. The lowest BCUT2D eigenvalue weighted by Gasteiger charge is -2.26. The molecule has 1 saturated carbocycles. The van der Waals surface area contributed by atoms with Crippen LogP contribution in [-0.2, 0) is 11.3 Å². The molecule has 1 aromatic rings. The number of carboxylic acids is 1. The quantitative estimate of drug-likeness (QED) is 0.648. The topological polar surface area (TPSA) is 107 Å². The fraction of sp³-hybridized carbons (Fsp3) is 0.583. The maximum absolute atomic E-state index is 11.6. The molecule has 1 fully saturated rings. The van der Waals surface area contributed by atoms with E-state index in [-0.39, 0.29) is 18.0 Å². The van der Waals surface area contributed by atoms with Crippen LogP contribution < -0.4 is 10.6 Å². The van der Waals surface area contributed by atoms with Crippen molar-refractivity contribution >= 4 is 12.0 Å². The third-order valence-corrected chi connectivity index (χ3v) is 3.38. The molecule has 0 aromatic carbocycles. The zero-order chi connectivity index (χ0) is 13.7. The van der Waals surface area contributed by atoms with Gasteiger partial charge in [0, 0.05) is 18.4 Å². The minimum atomic E-state index is -0.735. The molecule has 7 nitrogen and oxygen atoms in total. The summed E-state index contributed by atoms with van der Waals surface area (Å²) in [6.45, 7) is 0.351. The Labute approximate surface area is 110 Å². The first-order valence-corrected chi connectivity index (χ1v) is 6.40. The van der Waals surface area contributed by atoms with Crippen molar-refractivity contribution in [3.8, 4) is 0 Å². The van der Waals surface area contributed by atoms with Crippen LogP contribution in [0.2, 0.25) is 0 Å². The lowest BCUT2D eigenvalue weighted by molar-refractivity contribution is -0.142. The number of aromatic amines is 1. The van der Waals surface area contributed by atoms with Gasteiger partial charge in [0.25, 0.3) is 0 Å². The SMILES string of the molecule is O=C(NCc1ncc[nH]1)NC1CCC(C(=O)O)CC1. The molecule has 0 bridgehead atoms. The van der Waals surface area contributed by atoms with E-state index in [2.05, 4.69) is 20.6 Å². The summed E-state index contributed by atoms with van der Waals surface area (Å²) in [5, 5.41) is 14.4. The zero-order valence-corrected chi connectivity index (χ0v) is 10.6. The number of urea groups is 1. The molecule has 0 saturated heterocycles. The molecule has 19 heavy (non-hydrogen) atoms. The Kier molecular flexibility index (Phi) is 4.38. The number of carboxylic acid groups (broad SMARTS) is 1. The molecule has 1 aliphatic carbocycles. The average Bonchev–Trinajstić information content (AvgIpc) is 2.90. The van der Waals surface area contributed by atoms with Crippen molar-refractivity contribution in [1.29, 1.82) is 0 Å². The van der Waals surface area contributed by atoms with Crippen LogP contribution in [0.25, 0.3) is 0 Å². The predicted octanol–water partition coefficient (Wildman–Crippen LogP) is 0.852. The van der Waals surface area contributed by atoms with Crippen molar-refractivity contribution in [3.63, 3.8) is 0 Å². The molecular formula is C12H18N4O3. The molecule has 1 aromatic heterocycles. The summed E-state index contributed by atoms with van der Waals surface area (Å²) in [6, 6.07) is -0.178. The van der Waals surface area contributed by atoms with Crippen LogP contribution in [0, 0.1) is 5.92 Å². The molecule has 2 amide bonds. The second-order valence-corrected chi connectivity index (χ2v) is 4.75. The smallest absolute Gasteiger partial charge is 0.315 e. The molecule has 0 aliphatic heterocycles. The van der Waals surface area contributed by atoms with Crippen molar-refractivity contribution in [3.05, 3.63) is 18.2 Å². The van der Waals surface area contributed by atoms with Crippen molar-refractivity contribution in [1.82, 2.24) is 20.6 Å². The Morgan fingerprint density at radius 1 is 1.37 bits per heavy atom. The standard InChI is InChI=1S/C12H18N4O3/c17-11(18)8-1-3-9(4-2-8)16-12(19)15-7-10-13-5-6-14-10/h5-6,8-9H,1-4,7H2,(H,13,14)(H,17,18)(H2,15,16,19). The molecule has 0 atom stereocenters. The van der Waals surface area contributed by atoms with Gasteiger partial charge in [-0.1, -0.05) is 0 Å². The average molecular weight is 266 g/mol. The van der Waals surface area contributed by atoms with E-state index in [0.717, 1.165) is 0 Å². The van der Waals surface area contributed by atoms with E-state index >= 15 is 0 Å². The number of amides is 2. The number of carbonyl (C=O) groups excluding carboxylic acids is 1. The van der Waals surface area contributed by atoms with Crippen LogP contribution in [0.4, 0.5) is 4.79 Å². The van der Waals surface area contributed by atoms with Gasteiger partial charge in [-0.3, -0.25) is 4.79 Å². The highest BCUT2D eigenvalue weighted by molar-refractivity contribution is 5.74. The molecule has 4 N–H and O–H groups in total. The molecule has 0 unspecified atom stereocenters. The molecule has 2 rings (SSSR count). The van der Waals surface area contributed by atoms with Gasteiger partial charge >= 0.3 is 12.0 Å². The Morgan fingerprint density at radius 2 is 2.11 bits per heavy atom. The van der Waals surface area contributed by atoms with Crippen molar-refractivity contribution in [2.75, 3.05) is 0 Å². The fourth-order valence-corrected chi connectivity index (χ4v) is 2.28. The van der Waals surface area contributed by atoms with Gasteiger partial charge in [0.1, 0.15) is 5.82 Å². The number of hydrogen-bond donors (Lipinski definition) is 4. The summed E-state index contributed by atoms with van der Waals surface area (Å²) >= 11 is 0. The number of nitrogens with one attached hydrogen (secondary N) is 3. The number of imidazole rings is 1. The molecule has 0 spiro atoms. The number of aliphatic carboxylic acids is 1. The third kappa shape index (κ3) is 3.97. The Morgan fingerprint density at radius 3 is 2.68 bits per heavy atom. The van der Waals surface area contributed by atoms with Crippen molar-refractivity contribution in [2.45, 2.75) is 38.3 Å². The summed E-state index contributed by atoms with van der Waals surface area (Å²) in [5.41, 5.74) is 0. The van der Waals surface area contributed by atoms with Crippen molar-refractivity contribution < 1.29 is 14.7 Å². The molecule has 1 aliphatic rings. The second-order valence-electron chi connectivity index (χ2n) is 4.75. The highest BCUT2D eigenvalue weighted by Crippen LogP contribution is 2.24. The molecule has 1 heterocycles. The van der Waals surface area contributed by atoms with E-state index in [1.54, 1.807) is 12.4 Å². The summed E-state index contributed by atoms with van der Waals surface area (Å²) < 4.78 is 0. The van der Waals surface area contributed by atoms with Crippen LogP contribution in [0.5, 0.6) is 0 Å². The minimum Gasteiger partial charge on any atom is -0.481 e. The number of hydrogen-bond acceptors (Lipinski definition) is 3. The summed E-state index contributed by atoms with van der Waals surface area (Å²) in [7, 11) is 0. The van der Waals surface area contributed by atoms with E-state index < -0.39 is 5.97 Å². The third-order valence-electron chi connectivity index (χ3n) is 3.38. The fourth-order valence-electron chi connectivity index (χ4n) is 2.28. The van der Waals surface area contributed by atoms with Crippen LogP contribution >= 0.6 is 0 Å². The normalized spacial score (nSPS) is 22.7. The number of rotatable bonds is 4. The first kappa shape index (κ1) is 13.4. The van der Waals surface area contributed by atoms with Gasteiger partial charge in [0.15, 0.2) is 0 Å². The molecule has 104 valence electrons. The van der Waals surface area contributed by atoms with E-state index in [9.17, 15) is 9.59 Å². The first-order chi connectivity index (χ1) is 9.15. The number of H-pyrrole nitrogens is 1. The highest BCUT2D eigenvalue weighted by Gasteiger charge is 2.26. The zero-order valence-electron chi connectivity index (χ0n) is 10.6. The second kappa shape index (κ2) is 6.21.